The van der Waals surface area contributed by atoms with Crippen LogP contribution in [0.25, 0.3) is 6.08 Å². The monoisotopic (exact) mass is 607 g/mol. The van der Waals surface area contributed by atoms with E-state index >= 15 is 0 Å². The molecule has 0 aliphatic carbocycles. The van der Waals surface area contributed by atoms with Crippen LogP contribution in [-0.2, 0) is 20.9 Å². The maximum Gasteiger partial charge on any atom is 0.325 e. The Hall–Kier alpha value is -1.52. The molecule has 0 aromatic heterocycles. The minimum Gasteiger partial charge on any atom is -0.486 e. The van der Waals surface area contributed by atoms with E-state index < -0.39 is 23.7 Å². The second kappa shape index (κ2) is 10.4. The molecule has 0 saturated carbocycles. The molecule has 3 rings (SSSR count). The number of benzene rings is 2. The van der Waals surface area contributed by atoms with Crippen molar-refractivity contribution in [3.8, 4) is 5.75 Å². The lowest BCUT2D eigenvalue weighted by Crippen LogP contribution is -2.34. The van der Waals surface area contributed by atoms with Gasteiger partial charge in [0, 0.05) is 15.6 Å². The van der Waals surface area contributed by atoms with Crippen LogP contribution in [0, 0.1) is 0 Å². The second-order valence-electron chi connectivity index (χ2n) is 6.18. The molecule has 1 aliphatic rings. The number of methoxy groups -OCH3 is 1. The molecule has 1 heterocycles. The van der Waals surface area contributed by atoms with Crippen LogP contribution < -0.4 is 4.74 Å². The third-order valence-electron chi connectivity index (χ3n) is 4.09. The van der Waals surface area contributed by atoms with Crippen LogP contribution in [-0.4, -0.2) is 35.7 Å². The molecule has 0 spiro atoms. The Morgan fingerprint density at radius 3 is 2.45 bits per heavy atom. The summed E-state index contributed by atoms with van der Waals surface area (Å²) in [5.74, 6) is -0.677. The Labute approximate surface area is 209 Å². The molecule has 1 aliphatic heterocycles. The van der Waals surface area contributed by atoms with Gasteiger partial charge in [-0.05, 0) is 79.5 Å². The number of carbonyl (C=O) groups excluding carboxylic acids is 3. The Morgan fingerprint density at radius 1 is 1.16 bits per heavy atom. The Bertz CT molecular complexity index is 1090. The maximum atomic E-state index is 12.5. The molecular weight excluding hydrogens is 597 g/mol. The van der Waals surface area contributed by atoms with Gasteiger partial charge in [0.2, 0.25) is 0 Å². The van der Waals surface area contributed by atoms with E-state index in [-0.39, 0.29) is 11.5 Å². The standard InChI is InChI=1S/C20H13Br2Cl2NO5S/c1-29-17(26)8-25-19(27)16(31-20(25)28)6-10-4-13(21)18(14(22)5-10)30-9-11-2-3-12(23)7-15(11)24/h2-7H,8-9H2,1H3/b16-6+. The highest BCUT2D eigenvalue weighted by atomic mass is 79.9. The van der Waals surface area contributed by atoms with Crippen molar-refractivity contribution in [1.82, 2.24) is 4.90 Å². The van der Waals surface area contributed by atoms with E-state index in [2.05, 4.69) is 36.6 Å². The SMILES string of the molecule is COC(=O)CN1C(=O)S/C(=C/c2cc(Br)c(OCc3ccc(Cl)cc3Cl)c(Br)c2)C1=O. The van der Waals surface area contributed by atoms with Gasteiger partial charge in [0.25, 0.3) is 11.1 Å². The lowest BCUT2D eigenvalue weighted by molar-refractivity contribution is -0.143. The zero-order valence-electron chi connectivity index (χ0n) is 15.8. The largest absolute Gasteiger partial charge is 0.486 e. The highest BCUT2D eigenvalue weighted by Gasteiger charge is 2.36. The van der Waals surface area contributed by atoms with Crippen LogP contribution in [0.4, 0.5) is 4.79 Å². The molecule has 0 unspecified atom stereocenters. The van der Waals surface area contributed by atoms with Gasteiger partial charge in [0.15, 0.2) is 0 Å². The molecule has 31 heavy (non-hydrogen) atoms. The van der Waals surface area contributed by atoms with Gasteiger partial charge in [0.1, 0.15) is 18.9 Å². The average molecular weight is 610 g/mol. The first-order valence-corrected chi connectivity index (χ1v) is 11.7. The molecule has 0 atom stereocenters. The first kappa shape index (κ1) is 24.1. The van der Waals surface area contributed by atoms with Crippen LogP contribution in [0.1, 0.15) is 11.1 Å². The molecular formula is C20H13Br2Cl2NO5S. The third kappa shape index (κ3) is 5.84. The number of amides is 2. The Balaban J connectivity index is 1.78. The van der Waals surface area contributed by atoms with Crippen molar-refractivity contribution >= 4 is 90.0 Å². The van der Waals surface area contributed by atoms with Gasteiger partial charge in [-0.25, -0.2) is 0 Å². The molecule has 11 heteroatoms. The van der Waals surface area contributed by atoms with Crippen molar-refractivity contribution < 1.29 is 23.9 Å². The molecule has 2 aromatic rings. The number of rotatable bonds is 6. The van der Waals surface area contributed by atoms with Crippen LogP contribution in [0.3, 0.4) is 0 Å². The average Bonchev–Trinajstić information content (AvgIpc) is 2.96. The van der Waals surface area contributed by atoms with Gasteiger partial charge >= 0.3 is 5.97 Å². The third-order valence-corrected chi connectivity index (χ3v) is 6.77. The summed E-state index contributed by atoms with van der Waals surface area (Å²) in [6.07, 6.45) is 1.57. The molecule has 2 aromatic carbocycles. The van der Waals surface area contributed by atoms with Gasteiger partial charge < -0.3 is 9.47 Å². The smallest absolute Gasteiger partial charge is 0.325 e. The summed E-state index contributed by atoms with van der Waals surface area (Å²) in [5.41, 5.74) is 1.42. The number of imide groups is 1. The lowest BCUT2D eigenvalue weighted by atomic mass is 10.2. The van der Waals surface area contributed by atoms with E-state index in [0.717, 1.165) is 22.2 Å². The van der Waals surface area contributed by atoms with Gasteiger partial charge in [0.05, 0.1) is 21.0 Å². The maximum absolute atomic E-state index is 12.5. The number of nitrogens with zero attached hydrogens (tertiary/aromatic N) is 1. The minimum atomic E-state index is -0.670. The van der Waals surface area contributed by atoms with Crippen LogP contribution in [0.15, 0.2) is 44.2 Å². The van der Waals surface area contributed by atoms with E-state index in [1.165, 1.54) is 7.11 Å². The van der Waals surface area contributed by atoms with E-state index in [0.29, 0.717) is 30.3 Å². The van der Waals surface area contributed by atoms with E-state index in [1.54, 1.807) is 36.4 Å². The summed E-state index contributed by atoms with van der Waals surface area (Å²) in [6, 6.07) is 8.65. The van der Waals surface area contributed by atoms with Crippen LogP contribution in [0.2, 0.25) is 10.0 Å². The first-order valence-electron chi connectivity index (χ1n) is 8.57. The highest BCUT2D eigenvalue weighted by molar-refractivity contribution is 9.11. The Morgan fingerprint density at radius 2 is 1.84 bits per heavy atom. The van der Waals surface area contributed by atoms with Crippen LogP contribution in [0.5, 0.6) is 5.75 Å². The lowest BCUT2D eigenvalue weighted by Gasteiger charge is -2.13. The predicted molar refractivity (Wildman–Crippen MR) is 127 cm³/mol. The van der Waals surface area contributed by atoms with Gasteiger partial charge in [-0.15, -0.1) is 0 Å². The Kier molecular flexibility index (Phi) is 8.09. The number of esters is 1. The number of hydrogen-bond acceptors (Lipinski definition) is 6. The van der Waals surface area contributed by atoms with Gasteiger partial charge in [-0.3, -0.25) is 19.3 Å². The summed E-state index contributed by atoms with van der Waals surface area (Å²) < 4.78 is 11.7. The molecule has 0 N–H and O–H groups in total. The van der Waals surface area contributed by atoms with E-state index in [9.17, 15) is 14.4 Å². The van der Waals surface area contributed by atoms with Crippen LogP contribution >= 0.6 is 66.8 Å². The fourth-order valence-corrected chi connectivity index (χ4v) is 5.32. The molecule has 2 amide bonds. The molecule has 1 fully saturated rings. The summed E-state index contributed by atoms with van der Waals surface area (Å²) in [5, 5.41) is 0.509. The highest BCUT2D eigenvalue weighted by Crippen LogP contribution is 2.38. The number of carbonyl (C=O) groups is 3. The van der Waals surface area contributed by atoms with Crippen molar-refractivity contribution in [3.63, 3.8) is 0 Å². The number of halogens is 4. The summed E-state index contributed by atoms with van der Waals surface area (Å²) >= 11 is 19.8. The van der Waals surface area contributed by atoms with Crippen molar-refractivity contribution in [1.29, 1.82) is 0 Å². The van der Waals surface area contributed by atoms with Crippen molar-refractivity contribution in [2.24, 2.45) is 0 Å². The zero-order valence-corrected chi connectivity index (χ0v) is 21.3. The zero-order chi connectivity index (χ0) is 22.7. The number of ether oxygens (including phenoxy) is 2. The summed E-state index contributed by atoms with van der Waals surface area (Å²) in [7, 11) is 1.19. The second-order valence-corrected chi connectivity index (χ2v) is 9.73. The molecule has 6 nitrogen and oxygen atoms in total. The van der Waals surface area contributed by atoms with Gasteiger partial charge in [-0.2, -0.15) is 0 Å². The number of hydrogen-bond donors (Lipinski definition) is 0. The fraction of sp³-hybridized carbons (Fsp3) is 0.150. The summed E-state index contributed by atoms with van der Waals surface area (Å²) in [6.45, 7) is -0.203. The molecule has 0 bridgehead atoms. The minimum absolute atomic E-state index is 0.203. The van der Waals surface area contributed by atoms with Gasteiger partial charge in [-0.1, -0.05) is 29.3 Å². The topological polar surface area (TPSA) is 72.9 Å². The van der Waals surface area contributed by atoms with Crippen molar-refractivity contribution in [3.05, 3.63) is 65.4 Å². The quantitative estimate of drug-likeness (QED) is 0.282. The molecule has 1 saturated heterocycles. The molecule has 162 valence electrons. The van der Waals surface area contributed by atoms with E-state index in [1.807, 2.05) is 0 Å². The first-order chi connectivity index (χ1) is 14.7. The molecule has 0 radical (unpaired) electrons. The summed E-state index contributed by atoms with van der Waals surface area (Å²) in [4.78, 5) is 37.0. The fourth-order valence-electron chi connectivity index (χ4n) is 2.57. The van der Waals surface area contributed by atoms with Crippen molar-refractivity contribution in [2.75, 3.05) is 13.7 Å². The number of thioether (sulfide) groups is 1. The van der Waals surface area contributed by atoms with E-state index in [4.69, 9.17) is 27.9 Å². The normalized spacial score (nSPS) is 15.0. The predicted octanol–water partition coefficient (Wildman–Crippen LogP) is 6.31. The van der Waals surface area contributed by atoms with Crippen molar-refractivity contribution in [2.45, 2.75) is 6.61 Å².